The minimum Gasteiger partial charge on any atom is -0.458 e. The zero-order valence-corrected chi connectivity index (χ0v) is 26.0. The van der Waals surface area contributed by atoms with Crippen molar-refractivity contribution in [3.63, 3.8) is 0 Å². The summed E-state index contributed by atoms with van der Waals surface area (Å²) in [5.74, 6) is -0.479. The Morgan fingerprint density at radius 1 is 1.04 bits per heavy atom. The number of amides is 4. The molecule has 1 fully saturated rings. The van der Waals surface area contributed by atoms with Crippen molar-refractivity contribution in [1.82, 2.24) is 25.3 Å². The van der Waals surface area contributed by atoms with Crippen molar-refractivity contribution >= 4 is 34.6 Å². The number of rotatable bonds is 8. The molecule has 0 bridgehead atoms. The summed E-state index contributed by atoms with van der Waals surface area (Å²) < 4.78 is 6.06. The number of ether oxygens (including phenoxy) is 1. The number of fused-ring (bicyclic) bond motifs is 2. The number of hydrogen-bond donors (Lipinski definition) is 3. The summed E-state index contributed by atoms with van der Waals surface area (Å²) in [6, 6.07) is 20.4. The van der Waals surface area contributed by atoms with Crippen molar-refractivity contribution < 1.29 is 19.1 Å². The molecular formula is C35H40N6O4. The number of carbonyl (C=O) groups excluding carboxylic acids is 3. The first kappa shape index (κ1) is 30.2. The third kappa shape index (κ3) is 6.95. The van der Waals surface area contributed by atoms with E-state index in [4.69, 9.17) is 4.74 Å². The molecule has 234 valence electrons. The lowest BCUT2D eigenvalue weighted by molar-refractivity contribution is -0.158. The average molecular weight is 609 g/mol. The Morgan fingerprint density at radius 2 is 1.78 bits per heavy atom. The number of anilines is 1. The number of piperidine rings is 1. The van der Waals surface area contributed by atoms with Crippen molar-refractivity contribution in [3.05, 3.63) is 95.2 Å². The highest BCUT2D eigenvalue weighted by Gasteiger charge is 2.35. The molecule has 3 N–H and O–H groups in total. The Morgan fingerprint density at radius 3 is 2.56 bits per heavy atom. The number of nitrogens with one attached hydrogen (secondary N) is 3. The van der Waals surface area contributed by atoms with Gasteiger partial charge in [-0.05, 0) is 68.0 Å². The zero-order valence-electron chi connectivity index (χ0n) is 26.0. The molecule has 2 aliphatic rings. The summed E-state index contributed by atoms with van der Waals surface area (Å²) in [6.45, 7) is 7.26. The maximum Gasteiger partial charge on any atom is 0.329 e. The number of urea groups is 2. The summed E-state index contributed by atoms with van der Waals surface area (Å²) >= 11 is 0. The molecule has 10 heteroatoms. The number of aromatic nitrogens is 2. The molecule has 1 aromatic heterocycles. The molecule has 4 aromatic rings. The molecule has 0 radical (unpaired) electrons. The number of likely N-dealkylation sites (tertiary alicyclic amines) is 1. The lowest BCUT2D eigenvalue weighted by Crippen LogP contribution is -2.55. The van der Waals surface area contributed by atoms with E-state index >= 15 is 0 Å². The van der Waals surface area contributed by atoms with Gasteiger partial charge in [-0.15, -0.1) is 0 Å². The smallest absolute Gasteiger partial charge is 0.329 e. The molecule has 1 saturated heterocycles. The van der Waals surface area contributed by atoms with E-state index in [9.17, 15) is 14.4 Å². The van der Waals surface area contributed by atoms with E-state index in [0.29, 0.717) is 38.9 Å². The van der Waals surface area contributed by atoms with Crippen LogP contribution in [0, 0.1) is 6.92 Å². The van der Waals surface area contributed by atoms with Gasteiger partial charge < -0.3 is 25.2 Å². The summed E-state index contributed by atoms with van der Waals surface area (Å²) in [6.07, 6.45) is 3.88. The number of para-hydroxylation sites is 1. The Balaban J connectivity index is 1.13. The van der Waals surface area contributed by atoms with Crippen LogP contribution in [0.2, 0.25) is 0 Å². The Kier molecular flexibility index (Phi) is 8.47. The standard InChI is InChI=1S/C35H40N6O4/c1-23-17-25(18-27-21-36-39-31(23)27)19-30(32(42)45-35(2,3)20-24-9-5-4-6-10-24)38-33(43)40-15-13-28(14-16-40)41-22-26-11-7-8-12-29(26)37-34(41)44/h4-12,17-18,21,28,30H,13-16,19-20,22H2,1-3H3,(H,36,39)(H,37,44)(H,38,43). The highest BCUT2D eigenvalue weighted by molar-refractivity contribution is 5.92. The number of nitrogens with zero attached hydrogens (tertiary/aromatic N) is 3. The van der Waals surface area contributed by atoms with Crippen LogP contribution >= 0.6 is 0 Å². The highest BCUT2D eigenvalue weighted by Crippen LogP contribution is 2.28. The average Bonchev–Trinajstić information content (AvgIpc) is 3.50. The molecule has 6 rings (SSSR count). The van der Waals surface area contributed by atoms with Crippen LogP contribution in [-0.2, 0) is 28.9 Å². The minimum absolute atomic E-state index is 0.0200. The minimum atomic E-state index is -0.890. The van der Waals surface area contributed by atoms with E-state index in [1.165, 1.54) is 0 Å². The lowest BCUT2D eigenvalue weighted by Gasteiger charge is -2.40. The largest absolute Gasteiger partial charge is 0.458 e. The van der Waals surface area contributed by atoms with Gasteiger partial charge in [-0.25, -0.2) is 14.4 Å². The van der Waals surface area contributed by atoms with Crippen molar-refractivity contribution in [3.8, 4) is 0 Å². The van der Waals surface area contributed by atoms with Crippen LogP contribution < -0.4 is 10.6 Å². The van der Waals surface area contributed by atoms with Gasteiger partial charge in [-0.2, -0.15) is 5.10 Å². The molecule has 10 nitrogen and oxygen atoms in total. The van der Waals surface area contributed by atoms with Gasteiger partial charge in [0.1, 0.15) is 11.6 Å². The Labute approximate surface area is 263 Å². The van der Waals surface area contributed by atoms with Gasteiger partial charge in [0, 0.05) is 49.6 Å². The third-order valence-corrected chi connectivity index (χ3v) is 8.73. The van der Waals surface area contributed by atoms with Crippen LogP contribution in [0.3, 0.4) is 0 Å². The van der Waals surface area contributed by atoms with Gasteiger partial charge in [-0.3, -0.25) is 5.10 Å². The van der Waals surface area contributed by atoms with E-state index < -0.39 is 17.6 Å². The van der Waals surface area contributed by atoms with E-state index in [-0.39, 0.29) is 24.5 Å². The summed E-state index contributed by atoms with van der Waals surface area (Å²) in [5, 5.41) is 14.1. The summed E-state index contributed by atoms with van der Waals surface area (Å²) in [7, 11) is 0. The first-order chi connectivity index (χ1) is 21.6. The molecule has 3 aromatic carbocycles. The van der Waals surface area contributed by atoms with Gasteiger partial charge in [0.15, 0.2) is 0 Å². The molecule has 4 amide bonds. The number of esters is 1. The van der Waals surface area contributed by atoms with Crippen LogP contribution in [0.4, 0.5) is 15.3 Å². The van der Waals surface area contributed by atoms with Gasteiger partial charge >= 0.3 is 18.0 Å². The Bertz CT molecular complexity index is 1690. The SMILES string of the molecule is Cc1cc(CC(NC(=O)N2CCC(N3Cc4ccccc4NC3=O)CC2)C(=O)OC(C)(C)Cc2ccccc2)cc2cn[nH]c12. The molecule has 0 saturated carbocycles. The molecule has 2 aliphatic heterocycles. The summed E-state index contributed by atoms with van der Waals surface area (Å²) in [5.41, 5.74) is 5.07. The Hall–Kier alpha value is -4.86. The molecule has 1 atom stereocenters. The van der Waals surface area contributed by atoms with Crippen molar-refractivity contribution in [1.29, 1.82) is 0 Å². The topological polar surface area (TPSA) is 120 Å². The fraction of sp³-hybridized carbons (Fsp3) is 0.371. The summed E-state index contributed by atoms with van der Waals surface area (Å²) in [4.78, 5) is 43.8. The molecule has 0 spiro atoms. The maximum atomic E-state index is 13.7. The second-order valence-electron chi connectivity index (χ2n) is 12.7. The highest BCUT2D eigenvalue weighted by atomic mass is 16.6. The van der Waals surface area contributed by atoms with E-state index in [0.717, 1.165) is 38.8 Å². The second kappa shape index (κ2) is 12.6. The monoisotopic (exact) mass is 608 g/mol. The van der Waals surface area contributed by atoms with Gasteiger partial charge in [0.25, 0.3) is 0 Å². The molecular weight excluding hydrogens is 568 g/mol. The van der Waals surface area contributed by atoms with Crippen LogP contribution in [0.25, 0.3) is 10.9 Å². The van der Waals surface area contributed by atoms with Crippen LogP contribution in [0.5, 0.6) is 0 Å². The number of hydrogen-bond acceptors (Lipinski definition) is 5. The molecule has 3 heterocycles. The predicted molar refractivity (Wildman–Crippen MR) is 173 cm³/mol. The normalized spacial score (nSPS) is 16.2. The maximum absolute atomic E-state index is 13.7. The number of aromatic amines is 1. The van der Waals surface area contributed by atoms with Crippen molar-refractivity contribution in [2.75, 3.05) is 18.4 Å². The van der Waals surface area contributed by atoms with Crippen molar-refractivity contribution in [2.45, 2.75) is 70.7 Å². The zero-order chi connectivity index (χ0) is 31.6. The molecule has 1 unspecified atom stereocenters. The first-order valence-corrected chi connectivity index (χ1v) is 15.6. The quantitative estimate of drug-likeness (QED) is 0.226. The fourth-order valence-corrected chi connectivity index (χ4v) is 6.46. The first-order valence-electron chi connectivity index (χ1n) is 15.6. The molecule has 0 aliphatic carbocycles. The second-order valence-corrected chi connectivity index (χ2v) is 12.7. The number of benzene rings is 3. The van der Waals surface area contributed by atoms with E-state index in [1.807, 2.05) is 92.4 Å². The lowest BCUT2D eigenvalue weighted by atomic mass is 9.97. The fourth-order valence-electron chi connectivity index (χ4n) is 6.46. The van der Waals surface area contributed by atoms with Gasteiger partial charge in [0.2, 0.25) is 0 Å². The van der Waals surface area contributed by atoms with Crippen LogP contribution in [0.1, 0.15) is 48.9 Å². The number of H-pyrrole nitrogens is 1. The molecule has 45 heavy (non-hydrogen) atoms. The van der Waals surface area contributed by atoms with Gasteiger partial charge in [-0.1, -0.05) is 54.6 Å². The van der Waals surface area contributed by atoms with Gasteiger partial charge in [0.05, 0.1) is 11.7 Å². The van der Waals surface area contributed by atoms with Crippen molar-refractivity contribution in [2.24, 2.45) is 0 Å². The third-order valence-electron chi connectivity index (χ3n) is 8.73. The number of carbonyl (C=O) groups is 3. The van der Waals surface area contributed by atoms with Crippen LogP contribution in [-0.4, -0.2) is 68.8 Å². The van der Waals surface area contributed by atoms with E-state index in [1.54, 1.807) is 11.1 Å². The van der Waals surface area contributed by atoms with E-state index in [2.05, 4.69) is 20.8 Å². The number of aryl methyl sites for hydroxylation is 1. The van der Waals surface area contributed by atoms with Crippen LogP contribution in [0.15, 0.2) is 72.9 Å². The predicted octanol–water partition coefficient (Wildman–Crippen LogP) is 5.57.